The van der Waals surface area contributed by atoms with Crippen LogP contribution >= 0.6 is 7.60 Å². The van der Waals surface area contributed by atoms with Crippen LogP contribution in [-0.2, 0) is 37.6 Å². The summed E-state index contributed by atoms with van der Waals surface area (Å²) in [5.41, 5.74) is 2.42. The molecule has 0 aromatic heterocycles. The molecule has 0 saturated heterocycles. The molecule has 51 heavy (non-hydrogen) atoms. The zero-order chi connectivity index (χ0) is 37.1. The Morgan fingerprint density at radius 2 is 1.78 bits per heavy atom. The van der Waals surface area contributed by atoms with Gasteiger partial charge in [0.05, 0.1) is 38.5 Å². The van der Waals surface area contributed by atoms with Crippen LogP contribution in [0.5, 0.6) is 0 Å². The van der Waals surface area contributed by atoms with Crippen LogP contribution in [0.1, 0.15) is 118 Å². The number of hydrogen-bond acceptors (Lipinski definition) is 9. The number of rotatable bonds is 23. The molecule has 2 N–H and O–H groups in total. The van der Waals surface area contributed by atoms with Crippen molar-refractivity contribution in [3.63, 3.8) is 0 Å². The van der Waals surface area contributed by atoms with Gasteiger partial charge in [-0.25, -0.2) is 0 Å². The van der Waals surface area contributed by atoms with E-state index in [4.69, 9.17) is 28.2 Å². The molecule has 0 aromatic carbocycles. The second-order valence-electron chi connectivity index (χ2n) is 16.7. The number of allylic oxidation sites excluding steroid dienone is 1. The molecule has 3 saturated carbocycles. The molecule has 0 aromatic rings. The Morgan fingerprint density at radius 1 is 1.00 bits per heavy atom. The quantitative estimate of drug-likeness (QED) is 0.0350. The Bertz CT molecular complexity index is 1150. The van der Waals surface area contributed by atoms with Gasteiger partial charge in [0.1, 0.15) is 13.2 Å². The molecule has 4 aliphatic carbocycles. The zero-order valence-electron chi connectivity index (χ0n) is 32.7. The summed E-state index contributed by atoms with van der Waals surface area (Å²) in [5, 5.41) is 9.46. The van der Waals surface area contributed by atoms with Gasteiger partial charge in [-0.05, 0) is 111 Å². The summed E-state index contributed by atoms with van der Waals surface area (Å²) < 4.78 is 44.0. The SMILES string of the molecule is CCOC(O)COP(=O)(O)CCC(=O)OCCOCCO[C@H]1CC[C@@]2(C)C(=CC[C@H]3[C@@H]4CC[C@H]([C@H](C)CCCC(C)CCOC)[C@@]4(C)CC[C@@H]32)C1. The molecule has 3 unspecified atom stereocenters. The number of ether oxygens (including phenoxy) is 5. The predicted molar refractivity (Wildman–Crippen MR) is 198 cm³/mol. The number of aliphatic hydroxyl groups is 1. The van der Waals surface area contributed by atoms with E-state index in [2.05, 4.69) is 33.8 Å². The Balaban J connectivity index is 1.13. The van der Waals surface area contributed by atoms with Gasteiger partial charge in [-0.15, -0.1) is 0 Å². The normalized spacial score (nSPS) is 33.3. The lowest BCUT2D eigenvalue weighted by molar-refractivity contribution is -0.145. The summed E-state index contributed by atoms with van der Waals surface area (Å²) in [7, 11) is -2.22. The van der Waals surface area contributed by atoms with Gasteiger partial charge in [0.25, 0.3) is 0 Å². The number of methoxy groups -OCH3 is 1. The standard InChI is InChI=1S/C40H71O10P/c1-7-47-38(42)28-50-51(43,44)26-18-37(41)49-25-23-46-22-24-48-32-15-19-39(4)31(27-32)11-12-33-35-14-13-34(40(35,5)20-16-36(33)39)30(3)10-8-9-29(2)17-21-45-6/h11,29-30,32-36,38,42H,7-10,12-28H2,1-6H3,(H,43,44)/t29?,30-,32+,33+,34-,35+,36+,38?,39+,40-/m1/s1. The Labute approximate surface area is 308 Å². The summed E-state index contributed by atoms with van der Waals surface area (Å²) >= 11 is 0. The molecule has 0 aliphatic heterocycles. The number of carbonyl (C=O) groups excluding carboxylic acids is 1. The average molecular weight is 743 g/mol. The number of esters is 1. The Kier molecular flexibility index (Phi) is 17.0. The molecule has 11 heteroatoms. The maximum Gasteiger partial charge on any atom is 0.328 e. The minimum Gasteiger partial charge on any atom is -0.463 e. The molecule has 3 fully saturated rings. The molecule has 0 heterocycles. The van der Waals surface area contributed by atoms with E-state index < -0.39 is 32.6 Å². The minimum atomic E-state index is -4.03. The smallest absolute Gasteiger partial charge is 0.328 e. The minimum absolute atomic E-state index is 0.0595. The molecule has 10 nitrogen and oxygen atoms in total. The van der Waals surface area contributed by atoms with Gasteiger partial charge in [-0.1, -0.05) is 58.6 Å². The largest absolute Gasteiger partial charge is 0.463 e. The van der Waals surface area contributed by atoms with E-state index in [-0.39, 0.29) is 32.3 Å². The molecule has 0 spiro atoms. The van der Waals surface area contributed by atoms with Gasteiger partial charge in [0.15, 0.2) is 6.29 Å². The Hall–Kier alpha value is -0.840. The fraction of sp³-hybridized carbons (Fsp3) is 0.925. The molecule has 0 radical (unpaired) electrons. The molecule has 4 rings (SSSR count). The second-order valence-corrected chi connectivity index (χ2v) is 18.6. The predicted octanol–water partition coefficient (Wildman–Crippen LogP) is 7.94. The van der Waals surface area contributed by atoms with Crippen molar-refractivity contribution >= 4 is 13.6 Å². The first-order chi connectivity index (χ1) is 24.3. The van der Waals surface area contributed by atoms with Crippen molar-refractivity contribution in [3.05, 3.63) is 11.6 Å². The molecular weight excluding hydrogens is 671 g/mol. The fourth-order valence-corrected chi connectivity index (χ4v) is 11.5. The number of carbonyl (C=O) groups is 1. The van der Waals surface area contributed by atoms with E-state index in [9.17, 15) is 19.4 Å². The van der Waals surface area contributed by atoms with E-state index in [0.717, 1.165) is 55.0 Å². The number of aliphatic hydroxyl groups excluding tert-OH is 1. The highest BCUT2D eigenvalue weighted by molar-refractivity contribution is 7.52. The third-order valence-electron chi connectivity index (χ3n) is 13.4. The summed E-state index contributed by atoms with van der Waals surface area (Å²) in [5.74, 6) is 4.32. The lowest BCUT2D eigenvalue weighted by Crippen LogP contribution is -2.51. The van der Waals surface area contributed by atoms with Crippen LogP contribution in [0.2, 0.25) is 0 Å². The molecule has 11 atom stereocenters. The van der Waals surface area contributed by atoms with Crippen molar-refractivity contribution in [1.82, 2.24) is 0 Å². The van der Waals surface area contributed by atoms with Crippen LogP contribution in [0.4, 0.5) is 0 Å². The topological polar surface area (TPSA) is 130 Å². The summed E-state index contributed by atoms with van der Waals surface area (Å²) in [6.45, 7) is 13.8. The van der Waals surface area contributed by atoms with E-state index in [1.54, 1.807) is 12.5 Å². The molecule has 0 amide bonds. The number of hydrogen-bond donors (Lipinski definition) is 2. The second kappa shape index (κ2) is 20.2. The maximum atomic E-state index is 12.0. The van der Waals surface area contributed by atoms with E-state index in [1.807, 2.05) is 7.11 Å². The molecule has 4 aliphatic rings. The summed E-state index contributed by atoms with van der Waals surface area (Å²) in [6.07, 6.45) is 16.3. The van der Waals surface area contributed by atoms with Crippen molar-refractivity contribution in [1.29, 1.82) is 0 Å². The van der Waals surface area contributed by atoms with Crippen molar-refractivity contribution < 1.29 is 47.6 Å². The fourth-order valence-electron chi connectivity index (χ4n) is 10.6. The monoisotopic (exact) mass is 742 g/mol. The highest BCUT2D eigenvalue weighted by Gasteiger charge is 2.59. The first kappa shape index (κ1) is 42.9. The third kappa shape index (κ3) is 11.8. The van der Waals surface area contributed by atoms with Crippen molar-refractivity contribution in [3.8, 4) is 0 Å². The van der Waals surface area contributed by atoms with Gasteiger partial charge in [-0.3, -0.25) is 9.36 Å². The molecular formula is C40H71O10P. The first-order valence-electron chi connectivity index (χ1n) is 20.1. The number of fused-ring (bicyclic) bond motifs is 5. The summed E-state index contributed by atoms with van der Waals surface area (Å²) in [6, 6.07) is 0. The van der Waals surface area contributed by atoms with Gasteiger partial charge < -0.3 is 38.2 Å². The maximum absolute atomic E-state index is 12.0. The van der Waals surface area contributed by atoms with Crippen molar-refractivity contribution in [2.45, 2.75) is 130 Å². The molecule has 0 bridgehead atoms. The third-order valence-corrected chi connectivity index (χ3v) is 14.8. The lowest BCUT2D eigenvalue weighted by Gasteiger charge is -2.58. The zero-order valence-corrected chi connectivity index (χ0v) is 33.5. The van der Waals surface area contributed by atoms with Crippen molar-refractivity contribution in [2.75, 3.05) is 59.5 Å². The summed E-state index contributed by atoms with van der Waals surface area (Å²) in [4.78, 5) is 21.8. The van der Waals surface area contributed by atoms with Gasteiger partial charge >= 0.3 is 13.6 Å². The van der Waals surface area contributed by atoms with Crippen LogP contribution in [0, 0.1) is 46.3 Å². The molecule has 296 valence electrons. The van der Waals surface area contributed by atoms with Crippen LogP contribution < -0.4 is 0 Å². The van der Waals surface area contributed by atoms with Gasteiger partial charge in [0.2, 0.25) is 0 Å². The van der Waals surface area contributed by atoms with Crippen LogP contribution in [0.25, 0.3) is 0 Å². The lowest BCUT2D eigenvalue weighted by atomic mass is 9.47. The van der Waals surface area contributed by atoms with E-state index >= 15 is 0 Å². The highest BCUT2D eigenvalue weighted by atomic mass is 31.2. The van der Waals surface area contributed by atoms with E-state index in [1.165, 1.54) is 64.2 Å². The van der Waals surface area contributed by atoms with Crippen LogP contribution in [0.15, 0.2) is 11.6 Å². The van der Waals surface area contributed by atoms with Crippen LogP contribution in [0.3, 0.4) is 0 Å². The average Bonchev–Trinajstić information content (AvgIpc) is 3.46. The van der Waals surface area contributed by atoms with Crippen molar-refractivity contribution in [2.24, 2.45) is 46.3 Å². The van der Waals surface area contributed by atoms with Crippen LogP contribution in [-0.4, -0.2) is 87.9 Å². The van der Waals surface area contributed by atoms with E-state index in [0.29, 0.717) is 24.0 Å². The highest BCUT2D eigenvalue weighted by Crippen LogP contribution is 2.67. The van der Waals surface area contributed by atoms with Gasteiger partial charge in [-0.2, -0.15) is 0 Å². The first-order valence-corrected chi connectivity index (χ1v) is 21.9. The van der Waals surface area contributed by atoms with Gasteiger partial charge in [0, 0.05) is 20.3 Å². The Morgan fingerprint density at radius 3 is 2.55 bits per heavy atom.